The number of halogens is 2. The predicted molar refractivity (Wildman–Crippen MR) is 82.0 cm³/mol. The maximum atomic E-state index is 13.6. The minimum atomic E-state index is -0.823. The van der Waals surface area contributed by atoms with Gasteiger partial charge in [0, 0.05) is 16.9 Å². The quantitative estimate of drug-likeness (QED) is 0.893. The Labute approximate surface area is 126 Å². The maximum Gasteiger partial charge on any atom is 0.126 e. The lowest BCUT2D eigenvalue weighted by molar-refractivity contribution is 0.147. The first-order valence-electron chi connectivity index (χ1n) is 6.42. The molecular weight excluding hydrogens is 321 g/mol. The molecule has 2 nitrogen and oxygen atoms in total. The summed E-state index contributed by atoms with van der Waals surface area (Å²) >= 11 is 3.37. The van der Waals surface area contributed by atoms with Crippen molar-refractivity contribution in [3.8, 4) is 0 Å². The molecule has 0 aliphatic carbocycles. The van der Waals surface area contributed by atoms with E-state index in [0.717, 1.165) is 10.0 Å². The highest BCUT2D eigenvalue weighted by atomic mass is 79.9. The summed E-state index contributed by atoms with van der Waals surface area (Å²) in [7, 11) is 0. The van der Waals surface area contributed by atoms with Crippen LogP contribution < -0.4 is 5.73 Å². The van der Waals surface area contributed by atoms with Crippen LogP contribution in [0.1, 0.15) is 28.7 Å². The SMILES string of the molecule is Cc1ccc(C(O)C(CN)c2ccc(Br)cc2)cc1F. The van der Waals surface area contributed by atoms with E-state index in [1.165, 1.54) is 6.07 Å². The Kier molecular flexibility index (Phi) is 4.91. The molecule has 0 saturated heterocycles. The lowest BCUT2D eigenvalue weighted by atomic mass is 9.89. The Morgan fingerprint density at radius 2 is 1.75 bits per heavy atom. The molecule has 0 aliphatic heterocycles. The second kappa shape index (κ2) is 6.48. The molecule has 2 unspecified atom stereocenters. The topological polar surface area (TPSA) is 46.2 Å². The van der Waals surface area contributed by atoms with Crippen molar-refractivity contribution < 1.29 is 9.50 Å². The van der Waals surface area contributed by atoms with Crippen LogP contribution in [-0.4, -0.2) is 11.7 Å². The van der Waals surface area contributed by atoms with E-state index in [9.17, 15) is 9.50 Å². The molecule has 3 N–H and O–H groups in total. The molecular formula is C16H17BrFNO. The van der Waals surface area contributed by atoms with Gasteiger partial charge < -0.3 is 10.8 Å². The van der Waals surface area contributed by atoms with Gasteiger partial charge in [-0.3, -0.25) is 0 Å². The summed E-state index contributed by atoms with van der Waals surface area (Å²) in [5.41, 5.74) is 7.83. The van der Waals surface area contributed by atoms with Crippen molar-refractivity contribution >= 4 is 15.9 Å². The molecule has 2 aromatic rings. The molecule has 4 heteroatoms. The Morgan fingerprint density at radius 1 is 1.15 bits per heavy atom. The van der Waals surface area contributed by atoms with E-state index in [4.69, 9.17) is 5.73 Å². The molecule has 106 valence electrons. The second-order valence-corrected chi connectivity index (χ2v) is 5.76. The summed E-state index contributed by atoms with van der Waals surface area (Å²) in [6, 6.07) is 12.4. The highest BCUT2D eigenvalue weighted by Gasteiger charge is 2.22. The van der Waals surface area contributed by atoms with E-state index in [1.807, 2.05) is 24.3 Å². The molecule has 0 heterocycles. The average Bonchev–Trinajstić information content (AvgIpc) is 2.44. The Bertz CT molecular complexity index is 586. The van der Waals surface area contributed by atoms with Crippen LogP contribution in [0.15, 0.2) is 46.9 Å². The minimum Gasteiger partial charge on any atom is -0.388 e. The molecule has 0 spiro atoms. The monoisotopic (exact) mass is 337 g/mol. The fourth-order valence-corrected chi connectivity index (χ4v) is 2.45. The molecule has 0 radical (unpaired) electrons. The van der Waals surface area contributed by atoms with Gasteiger partial charge in [0.1, 0.15) is 5.82 Å². The number of benzene rings is 2. The third kappa shape index (κ3) is 3.26. The van der Waals surface area contributed by atoms with E-state index >= 15 is 0 Å². The molecule has 0 bridgehead atoms. The first-order chi connectivity index (χ1) is 9.52. The molecule has 2 rings (SSSR count). The van der Waals surface area contributed by atoms with Crippen molar-refractivity contribution in [2.45, 2.75) is 18.9 Å². The largest absolute Gasteiger partial charge is 0.388 e. The van der Waals surface area contributed by atoms with Crippen molar-refractivity contribution in [3.63, 3.8) is 0 Å². The van der Waals surface area contributed by atoms with Crippen LogP contribution in [0.2, 0.25) is 0 Å². The zero-order valence-corrected chi connectivity index (χ0v) is 12.8. The summed E-state index contributed by atoms with van der Waals surface area (Å²) in [6.45, 7) is 1.99. The lowest BCUT2D eigenvalue weighted by Crippen LogP contribution is -2.20. The van der Waals surface area contributed by atoms with Crippen LogP contribution in [0.4, 0.5) is 4.39 Å². The first-order valence-corrected chi connectivity index (χ1v) is 7.22. The molecule has 0 saturated carbocycles. The molecule has 0 aliphatic rings. The normalized spacial score (nSPS) is 14.1. The summed E-state index contributed by atoms with van der Waals surface area (Å²) in [6.07, 6.45) is -0.823. The molecule has 2 aromatic carbocycles. The third-order valence-corrected chi connectivity index (χ3v) is 4.00. The summed E-state index contributed by atoms with van der Waals surface area (Å²) in [5, 5.41) is 10.5. The minimum absolute atomic E-state index is 0.259. The standard InChI is InChI=1S/C16H17BrFNO/c1-10-2-3-12(8-15(10)18)16(20)14(9-19)11-4-6-13(17)7-5-11/h2-8,14,16,20H,9,19H2,1H3. The molecule has 0 fully saturated rings. The molecule has 2 atom stereocenters. The van der Waals surface area contributed by atoms with Crippen LogP contribution in [0.3, 0.4) is 0 Å². The Hall–Kier alpha value is -1.23. The fourth-order valence-electron chi connectivity index (χ4n) is 2.18. The van der Waals surface area contributed by atoms with Gasteiger partial charge in [0.2, 0.25) is 0 Å². The zero-order chi connectivity index (χ0) is 14.7. The van der Waals surface area contributed by atoms with E-state index in [1.54, 1.807) is 19.1 Å². The zero-order valence-electron chi connectivity index (χ0n) is 11.2. The highest BCUT2D eigenvalue weighted by Crippen LogP contribution is 2.31. The van der Waals surface area contributed by atoms with Crippen molar-refractivity contribution in [1.82, 2.24) is 0 Å². The Balaban J connectivity index is 2.30. The maximum absolute atomic E-state index is 13.6. The second-order valence-electron chi connectivity index (χ2n) is 4.85. The number of hydrogen-bond acceptors (Lipinski definition) is 2. The van der Waals surface area contributed by atoms with Gasteiger partial charge in [-0.15, -0.1) is 0 Å². The fraction of sp³-hybridized carbons (Fsp3) is 0.250. The number of aryl methyl sites for hydroxylation is 1. The number of hydrogen-bond donors (Lipinski definition) is 2. The van der Waals surface area contributed by atoms with Crippen LogP contribution in [0.5, 0.6) is 0 Å². The van der Waals surface area contributed by atoms with Crippen molar-refractivity contribution in [3.05, 3.63) is 69.4 Å². The van der Waals surface area contributed by atoms with Gasteiger partial charge in [0.05, 0.1) is 6.10 Å². The molecule has 0 amide bonds. The van der Waals surface area contributed by atoms with Gasteiger partial charge in [-0.05, 0) is 41.8 Å². The lowest BCUT2D eigenvalue weighted by Gasteiger charge is -2.22. The number of aliphatic hydroxyl groups is 1. The van der Waals surface area contributed by atoms with Gasteiger partial charge >= 0.3 is 0 Å². The van der Waals surface area contributed by atoms with Crippen molar-refractivity contribution in [1.29, 1.82) is 0 Å². The van der Waals surface area contributed by atoms with Crippen molar-refractivity contribution in [2.24, 2.45) is 5.73 Å². The number of nitrogens with two attached hydrogens (primary N) is 1. The summed E-state index contributed by atoms with van der Waals surface area (Å²) in [5.74, 6) is -0.571. The van der Waals surface area contributed by atoms with E-state index in [2.05, 4.69) is 15.9 Å². The van der Waals surface area contributed by atoms with E-state index in [-0.39, 0.29) is 18.3 Å². The van der Waals surface area contributed by atoms with Crippen LogP contribution in [-0.2, 0) is 0 Å². The number of rotatable bonds is 4. The van der Waals surface area contributed by atoms with E-state index in [0.29, 0.717) is 11.1 Å². The number of aliphatic hydroxyl groups excluding tert-OH is 1. The first kappa shape index (κ1) is 15.2. The smallest absolute Gasteiger partial charge is 0.126 e. The van der Waals surface area contributed by atoms with Gasteiger partial charge in [-0.1, -0.05) is 40.2 Å². The summed E-state index contributed by atoms with van der Waals surface area (Å²) < 4.78 is 14.6. The van der Waals surface area contributed by atoms with Gasteiger partial charge in [-0.2, -0.15) is 0 Å². The third-order valence-electron chi connectivity index (χ3n) is 3.47. The summed E-state index contributed by atoms with van der Waals surface area (Å²) in [4.78, 5) is 0. The van der Waals surface area contributed by atoms with Gasteiger partial charge in [0.25, 0.3) is 0 Å². The van der Waals surface area contributed by atoms with Gasteiger partial charge in [-0.25, -0.2) is 4.39 Å². The predicted octanol–water partition coefficient (Wildman–Crippen LogP) is 3.67. The molecule has 0 aromatic heterocycles. The molecule has 20 heavy (non-hydrogen) atoms. The highest BCUT2D eigenvalue weighted by molar-refractivity contribution is 9.10. The van der Waals surface area contributed by atoms with Crippen LogP contribution in [0.25, 0.3) is 0 Å². The van der Waals surface area contributed by atoms with Gasteiger partial charge in [0.15, 0.2) is 0 Å². The average molecular weight is 338 g/mol. The van der Waals surface area contributed by atoms with Crippen LogP contribution in [0, 0.1) is 12.7 Å². The van der Waals surface area contributed by atoms with E-state index < -0.39 is 6.10 Å². The van der Waals surface area contributed by atoms with Crippen LogP contribution >= 0.6 is 15.9 Å². The van der Waals surface area contributed by atoms with Crippen molar-refractivity contribution in [2.75, 3.05) is 6.54 Å². The Morgan fingerprint density at radius 3 is 2.30 bits per heavy atom.